The van der Waals surface area contributed by atoms with Gasteiger partial charge in [0.1, 0.15) is 0 Å². The van der Waals surface area contributed by atoms with Crippen LogP contribution in [0.3, 0.4) is 0 Å². The van der Waals surface area contributed by atoms with Gasteiger partial charge in [-0.15, -0.1) is 0 Å². The van der Waals surface area contributed by atoms with E-state index in [0.29, 0.717) is 0 Å². The second kappa shape index (κ2) is 10.6. The molecule has 0 aliphatic carbocycles. The molecule has 0 rings (SSSR count). The minimum absolute atomic E-state index is 0.905. The van der Waals surface area contributed by atoms with Crippen molar-refractivity contribution in [2.24, 2.45) is 5.92 Å². The first-order chi connectivity index (χ1) is 6.85. The summed E-state index contributed by atoms with van der Waals surface area (Å²) in [7, 11) is 0. The van der Waals surface area contributed by atoms with E-state index in [4.69, 9.17) is 0 Å². The zero-order valence-electron chi connectivity index (χ0n) is 10.1. The van der Waals surface area contributed by atoms with Crippen molar-refractivity contribution in [3.63, 3.8) is 0 Å². The van der Waals surface area contributed by atoms with Gasteiger partial charge in [0, 0.05) is 0 Å². The van der Waals surface area contributed by atoms with Crippen LogP contribution in [0.15, 0.2) is 24.3 Å². The van der Waals surface area contributed by atoms with E-state index in [9.17, 15) is 0 Å². The van der Waals surface area contributed by atoms with Gasteiger partial charge in [0.2, 0.25) is 0 Å². The van der Waals surface area contributed by atoms with Crippen molar-refractivity contribution in [1.82, 2.24) is 0 Å². The molecule has 0 heterocycles. The first-order valence-electron chi connectivity index (χ1n) is 6.07. The zero-order valence-corrected chi connectivity index (χ0v) is 10.1. The molecule has 0 amide bonds. The monoisotopic (exact) mass is 194 g/mol. The smallest absolute Gasteiger partial charge is 0.0322 e. The lowest BCUT2D eigenvalue weighted by Crippen LogP contribution is -1.98. The maximum Gasteiger partial charge on any atom is -0.0322 e. The summed E-state index contributed by atoms with van der Waals surface area (Å²) in [4.78, 5) is 0. The summed E-state index contributed by atoms with van der Waals surface area (Å²) >= 11 is 0. The number of hydrogen-bond acceptors (Lipinski definition) is 0. The molecule has 0 radical (unpaired) electrons. The van der Waals surface area contributed by atoms with E-state index in [2.05, 4.69) is 45.1 Å². The van der Waals surface area contributed by atoms with Crippen molar-refractivity contribution in [1.29, 1.82) is 0 Å². The predicted molar refractivity (Wildman–Crippen MR) is 66.5 cm³/mol. The Balaban J connectivity index is 3.71. The van der Waals surface area contributed by atoms with Crippen molar-refractivity contribution < 1.29 is 0 Å². The van der Waals surface area contributed by atoms with Crippen LogP contribution in [0.2, 0.25) is 0 Å². The van der Waals surface area contributed by atoms with Crippen molar-refractivity contribution in [3.8, 4) is 0 Å². The van der Waals surface area contributed by atoms with Gasteiger partial charge < -0.3 is 0 Å². The molecule has 82 valence electrons. The summed E-state index contributed by atoms with van der Waals surface area (Å²) in [5.74, 6) is 0.905. The molecule has 0 saturated carbocycles. The van der Waals surface area contributed by atoms with Crippen LogP contribution in [0.25, 0.3) is 0 Å². The number of rotatable bonds is 8. The fourth-order valence-corrected chi connectivity index (χ4v) is 1.70. The quantitative estimate of drug-likeness (QED) is 0.471. The molecular formula is C14H26. The van der Waals surface area contributed by atoms with Gasteiger partial charge in [-0.25, -0.2) is 0 Å². The largest absolute Gasteiger partial charge is 0.0917 e. The third-order valence-electron chi connectivity index (χ3n) is 2.65. The average molecular weight is 194 g/mol. The zero-order chi connectivity index (χ0) is 10.6. The Morgan fingerprint density at radius 2 is 1.71 bits per heavy atom. The average Bonchev–Trinajstić information content (AvgIpc) is 2.21. The number of hydrogen-bond donors (Lipinski definition) is 0. The highest BCUT2D eigenvalue weighted by atomic mass is 14.1. The first kappa shape index (κ1) is 13.5. The molecule has 0 saturated heterocycles. The molecule has 0 bridgehead atoms. The molecule has 0 N–H and O–H groups in total. The second-order valence-electron chi connectivity index (χ2n) is 3.96. The summed E-state index contributed by atoms with van der Waals surface area (Å²) in [6.07, 6.45) is 16.9. The van der Waals surface area contributed by atoms with Gasteiger partial charge in [-0.1, -0.05) is 50.5 Å². The Morgan fingerprint density at radius 1 is 1.00 bits per heavy atom. The van der Waals surface area contributed by atoms with Gasteiger partial charge >= 0.3 is 0 Å². The van der Waals surface area contributed by atoms with Crippen LogP contribution in [-0.4, -0.2) is 0 Å². The Kier molecular flexibility index (Phi) is 10.2. The predicted octanol–water partition coefficient (Wildman–Crippen LogP) is 5.12. The molecule has 0 aromatic heterocycles. The van der Waals surface area contributed by atoms with Crippen LogP contribution in [0.1, 0.15) is 59.3 Å². The van der Waals surface area contributed by atoms with Crippen LogP contribution in [0, 0.1) is 5.92 Å². The lowest BCUT2D eigenvalue weighted by atomic mass is 9.93. The topological polar surface area (TPSA) is 0 Å². The van der Waals surface area contributed by atoms with E-state index >= 15 is 0 Å². The maximum absolute atomic E-state index is 2.32. The molecule has 0 aromatic rings. The van der Waals surface area contributed by atoms with E-state index in [0.717, 1.165) is 5.92 Å². The molecule has 14 heavy (non-hydrogen) atoms. The summed E-state index contributed by atoms with van der Waals surface area (Å²) < 4.78 is 0. The fourth-order valence-electron chi connectivity index (χ4n) is 1.70. The molecule has 0 nitrogen and oxygen atoms in total. The fraction of sp³-hybridized carbons (Fsp3) is 0.714. The van der Waals surface area contributed by atoms with Gasteiger partial charge in [-0.2, -0.15) is 0 Å². The van der Waals surface area contributed by atoms with Crippen molar-refractivity contribution in [2.75, 3.05) is 0 Å². The molecule has 0 aliphatic rings. The highest BCUT2D eigenvalue weighted by molar-refractivity contribution is 4.83. The van der Waals surface area contributed by atoms with Crippen molar-refractivity contribution >= 4 is 0 Å². The Bertz CT molecular complexity index is 153. The summed E-state index contributed by atoms with van der Waals surface area (Å²) in [5, 5.41) is 0. The van der Waals surface area contributed by atoms with Crippen molar-refractivity contribution in [3.05, 3.63) is 24.3 Å². The SMILES string of the molecule is C/C=C/CCC(C/C=C/C)CCCC. The Morgan fingerprint density at radius 3 is 2.29 bits per heavy atom. The van der Waals surface area contributed by atoms with Crippen molar-refractivity contribution in [2.45, 2.75) is 59.3 Å². The maximum atomic E-state index is 2.32. The van der Waals surface area contributed by atoms with E-state index in [1.54, 1.807) is 0 Å². The summed E-state index contributed by atoms with van der Waals surface area (Å²) in [6, 6.07) is 0. The second-order valence-corrected chi connectivity index (χ2v) is 3.96. The molecule has 1 unspecified atom stereocenters. The normalized spacial score (nSPS) is 14.2. The number of allylic oxidation sites excluding steroid dienone is 4. The number of unbranched alkanes of at least 4 members (excludes halogenated alkanes) is 1. The van der Waals surface area contributed by atoms with Gasteiger partial charge in [-0.3, -0.25) is 0 Å². The molecule has 1 atom stereocenters. The Labute approximate surface area is 90.1 Å². The highest BCUT2D eigenvalue weighted by Crippen LogP contribution is 2.19. The van der Waals surface area contributed by atoms with E-state index in [-0.39, 0.29) is 0 Å². The lowest BCUT2D eigenvalue weighted by Gasteiger charge is -2.13. The third-order valence-corrected chi connectivity index (χ3v) is 2.65. The van der Waals surface area contributed by atoms with Crippen LogP contribution in [-0.2, 0) is 0 Å². The molecule has 0 aromatic carbocycles. The standard InChI is InChI=1S/C14H26/c1-4-7-10-13-14(11-8-5-2)12-9-6-3/h4-5,7-8,14H,6,9-13H2,1-3H3/b7-4+,8-5+. The summed E-state index contributed by atoms with van der Waals surface area (Å²) in [6.45, 7) is 6.49. The van der Waals surface area contributed by atoms with E-state index in [1.807, 2.05) is 0 Å². The highest BCUT2D eigenvalue weighted by Gasteiger charge is 2.04. The molecule has 0 spiro atoms. The van der Waals surface area contributed by atoms with Gasteiger partial charge in [0.05, 0.1) is 0 Å². The van der Waals surface area contributed by atoms with Crippen LogP contribution in [0.5, 0.6) is 0 Å². The van der Waals surface area contributed by atoms with Gasteiger partial charge in [0.15, 0.2) is 0 Å². The molecule has 0 heteroatoms. The molecule has 0 aliphatic heterocycles. The van der Waals surface area contributed by atoms with E-state index < -0.39 is 0 Å². The van der Waals surface area contributed by atoms with Gasteiger partial charge in [0.25, 0.3) is 0 Å². The lowest BCUT2D eigenvalue weighted by molar-refractivity contribution is 0.441. The Hall–Kier alpha value is -0.520. The van der Waals surface area contributed by atoms with Crippen LogP contribution >= 0.6 is 0 Å². The third kappa shape index (κ3) is 8.10. The minimum atomic E-state index is 0.905. The van der Waals surface area contributed by atoms with E-state index in [1.165, 1.54) is 38.5 Å². The molecular weight excluding hydrogens is 168 g/mol. The van der Waals surface area contributed by atoms with Crippen LogP contribution in [0.4, 0.5) is 0 Å². The van der Waals surface area contributed by atoms with Gasteiger partial charge in [-0.05, 0) is 39.0 Å². The molecule has 0 fully saturated rings. The van der Waals surface area contributed by atoms with Crippen LogP contribution < -0.4 is 0 Å². The summed E-state index contributed by atoms with van der Waals surface area (Å²) in [5.41, 5.74) is 0. The minimum Gasteiger partial charge on any atom is -0.0917 e. The first-order valence-corrected chi connectivity index (χ1v) is 6.07.